The standard InChI is InChI=1S/C12H15BrFNO4/c1-18-11-7(14)5-6(13)10(12(11)19-2)8(15)3-4-9(16)17/h5,8H,3-4,15H2,1-2H3,(H,16,17). The van der Waals surface area contributed by atoms with Crippen LogP contribution in [0.4, 0.5) is 4.39 Å². The number of halogens is 2. The molecule has 1 aromatic carbocycles. The summed E-state index contributed by atoms with van der Waals surface area (Å²) >= 11 is 3.21. The number of carbonyl (C=O) groups is 1. The van der Waals surface area contributed by atoms with Crippen molar-refractivity contribution in [2.75, 3.05) is 14.2 Å². The minimum absolute atomic E-state index is 0.0496. The second-order valence-electron chi connectivity index (χ2n) is 3.86. The average molecular weight is 336 g/mol. The molecule has 1 unspecified atom stereocenters. The van der Waals surface area contributed by atoms with E-state index in [4.69, 9.17) is 20.3 Å². The highest BCUT2D eigenvalue weighted by atomic mass is 79.9. The molecule has 0 bridgehead atoms. The van der Waals surface area contributed by atoms with Gasteiger partial charge in [0.05, 0.1) is 14.2 Å². The maximum Gasteiger partial charge on any atom is 0.303 e. The maximum atomic E-state index is 13.7. The Morgan fingerprint density at radius 3 is 2.53 bits per heavy atom. The minimum atomic E-state index is -0.945. The number of carboxylic acid groups (broad SMARTS) is 1. The van der Waals surface area contributed by atoms with Crippen LogP contribution in [0.1, 0.15) is 24.4 Å². The summed E-state index contributed by atoms with van der Waals surface area (Å²) < 4.78 is 24.2. The summed E-state index contributed by atoms with van der Waals surface area (Å²) in [6.45, 7) is 0. The Labute approximate surface area is 118 Å². The molecule has 1 atom stereocenters. The van der Waals surface area contributed by atoms with Crippen molar-refractivity contribution in [2.24, 2.45) is 5.73 Å². The van der Waals surface area contributed by atoms with Crippen molar-refractivity contribution in [1.82, 2.24) is 0 Å². The van der Waals surface area contributed by atoms with Crippen molar-refractivity contribution < 1.29 is 23.8 Å². The van der Waals surface area contributed by atoms with Crippen LogP contribution >= 0.6 is 15.9 Å². The molecular weight excluding hydrogens is 321 g/mol. The van der Waals surface area contributed by atoms with E-state index in [1.165, 1.54) is 20.3 Å². The first-order valence-corrected chi connectivity index (χ1v) is 6.28. The molecule has 1 rings (SSSR count). The second-order valence-corrected chi connectivity index (χ2v) is 4.71. The Kier molecular flexibility index (Phi) is 5.56. The Morgan fingerprint density at radius 2 is 2.05 bits per heavy atom. The van der Waals surface area contributed by atoms with E-state index in [1.54, 1.807) is 0 Å². The zero-order valence-electron chi connectivity index (χ0n) is 10.6. The SMILES string of the molecule is COc1c(F)cc(Br)c(C(N)CCC(=O)O)c1OC. The molecule has 0 aliphatic heterocycles. The Morgan fingerprint density at radius 1 is 1.47 bits per heavy atom. The van der Waals surface area contributed by atoms with Gasteiger partial charge in [0.15, 0.2) is 17.3 Å². The van der Waals surface area contributed by atoms with Gasteiger partial charge in [-0.25, -0.2) is 4.39 Å². The molecule has 106 valence electrons. The molecule has 0 aromatic heterocycles. The molecule has 0 amide bonds. The van der Waals surface area contributed by atoms with Crippen molar-refractivity contribution in [3.63, 3.8) is 0 Å². The Bertz CT molecular complexity index is 481. The van der Waals surface area contributed by atoms with Gasteiger partial charge in [0.1, 0.15) is 0 Å². The van der Waals surface area contributed by atoms with Gasteiger partial charge in [-0.2, -0.15) is 0 Å². The van der Waals surface area contributed by atoms with Crippen molar-refractivity contribution in [3.05, 3.63) is 21.9 Å². The Hall–Kier alpha value is -1.34. The second kappa shape index (κ2) is 6.72. The van der Waals surface area contributed by atoms with Gasteiger partial charge in [0, 0.05) is 22.5 Å². The summed E-state index contributed by atoms with van der Waals surface area (Å²) in [5, 5.41) is 8.67. The van der Waals surface area contributed by atoms with E-state index in [1.807, 2.05) is 0 Å². The predicted molar refractivity (Wildman–Crippen MR) is 71.0 cm³/mol. The Balaban J connectivity index is 3.21. The van der Waals surface area contributed by atoms with E-state index in [0.717, 1.165) is 0 Å². The minimum Gasteiger partial charge on any atom is -0.492 e. The van der Waals surface area contributed by atoms with Crippen LogP contribution < -0.4 is 15.2 Å². The molecule has 0 aliphatic carbocycles. The largest absolute Gasteiger partial charge is 0.492 e. The first kappa shape index (κ1) is 15.7. The summed E-state index contributed by atoms with van der Waals surface area (Å²) in [6, 6.07) is 0.618. The number of rotatable bonds is 6. The smallest absolute Gasteiger partial charge is 0.303 e. The van der Waals surface area contributed by atoms with Crippen molar-refractivity contribution in [2.45, 2.75) is 18.9 Å². The normalized spacial score (nSPS) is 12.1. The van der Waals surface area contributed by atoms with E-state index < -0.39 is 17.8 Å². The van der Waals surface area contributed by atoms with Gasteiger partial charge in [-0.15, -0.1) is 0 Å². The van der Waals surface area contributed by atoms with Gasteiger partial charge >= 0.3 is 5.97 Å². The molecule has 0 saturated carbocycles. The summed E-state index contributed by atoms with van der Waals surface area (Å²) in [7, 11) is 2.69. The molecular formula is C12H15BrFNO4. The number of benzene rings is 1. The molecule has 0 radical (unpaired) electrons. The van der Waals surface area contributed by atoms with Gasteiger partial charge in [-0.3, -0.25) is 4.79 Å². The van der Waals surface area contributed by atoms with Crippen LogP contribution in [0, 0.1) is 5.82 Å². The number of methoxy groups -OCH3 is 2. The zero-order valence-corrected chi connectivity index (χ0v) is 12.2. The van der Waals surface area contributed by atoms with Gasteiger partial charge in [0.25, 0.3) is 0 Å². The fourth-order valence-electron chi connectivity index (χ4n) is 1.76. The number of aliphatic carboxylic acids is 1. The quantitative estimate of drug-likeness (QED) is 0.834. The molecule has 0 fully saturated rings. The van der Waals surface area contributed by atoms with E-state index in [0.29, 0.717) is 10.0 Å². The van der Waals surface area contributed by atoms with Crippen LogP contribution in [-0.2, 0) is 4.79 Å². The van der Waals surface area contributed by atoms with Crippen molar-refractivity contribution >= 4 is 21.9 Å². The third-order valence-electron chi connectivity index (χ3n) is 2.63. The van der Waals surface area contributed by atoms with E-state index in [9.17, 15) is 9.18 Å². The van der Waals surface area contributed by atoms with Crippen molar-refractivity contribution in [1.29, 1.82) is 0 Å². The lowest BCUT2D eigenvalue weighted by atomic mass is 10.0. The number of hydrogen-bond acceptors (Lipinski definition) is 4. The van der Waals surface area contributed by atoms with Crippen LogP contribution in [0.25, 0.3) is 0 Å². The average Bonchev–Trinajstić information content (AvgIpc) is 2.34. The number of carboxylic acids is 1. The maximum absolute atomic E-state index is 13.7. The van der Waals surface area contributed by atoms with Crippen LogP contribution in [0.5, 0.6) is 11.5 Å². The highest BCUT2D eigenvalue weighted by Crippen LogP contribution is 2.42. The predicted octanol–water partition coefficient (Wildman–Crippen LogP) is 2.47. The third kappa shape index (κ3) is 3.57. The van der Waals surface area contributed by atoms with E-state index in [-0.39, 0.29) is 24.3 Å². The molecule has 0 heterocycles. The van der Waals surface area contributed by atoms with Gasteiger partial charge in [0.2, 0.25) is 0 Å². The summed E-state index contributed by atoms with van der Waals surface area (Å²) in [5.41, 5.74) is 6.43. The highest BCUT2D eigenvalue weighted by molar-refractivity contribution is 9.10. The molecule has 7 heteroatoms. The lowest BCUT2D eigenvalue weighted by Gasteiger charge is -2.19. The number of ether oxygens (including phenoxy) is 2. The monoisotopic (exact) mass is 335 g/mol. The number of hydrogen-bond donors (Lipinski definition) is 2. The topological polar surface area (TPSA) is 81.8 Å². The lowest BCUT2D eigenvalue weighted by molar-refractivity contribution is -0.137. The molecule has 19 heavy (non-hydrogen) atoms. The number of nitrogens with two attached hydrogens (primary N) is 1. The van der Waals surface area contributed by atoms with E-state index in [2.05, 4.69) is 15.9 Å². The first-order valence-electron chi connectivity index (χ1n) is 5.49. The van der Waals surface area contributed by atoms with Gasteiger partial charge in [-0.05, 0) is 12.5 Å². The summed E-state index contributed by atoms with van der Waals surface area (Å²) in [4.78, 5) is 10.6. The summed E-state index contributed by atoms with van der Waals surface area (Å²) in [5.74, 6) is -1.40. The molecule has 5 nitrogen and oxygen atoms in total. The lowest BCUT2D eigenvalue weighted by Crippen LogP contribution is -2.15. The molecule has 3 N–H and O–H groups in total. The summed E-state index contributed by atoms with van der Waals surface area (Å²) in [6.07, 6.45) is 0.121. The van der Waals surface area contributed by atoms with E-state index >= 15 is 0 Å². The van der Waals surface area contributed by atoms with Crippen molar-refractivity contribution in [3.8, 4) is 11.5 Å². The first-order chi connectivity index (χ1) is 8.92. The zero-order chi connectivity index (χ0) is 14.6. The molecule has 0 spiro atoms. The van der Waals surface area contributed by atoms with Gasteiger partial charge in [-0.1, -0.05) is 15.9 Å². The highest BCUT2D eigenvalue weighted by Gasteiger charge is 2.23. The fraction of sp³-hybridized carbons (Fsp3) is 0.417. The van der Waals surface area contributed by atoms with Gasteiger partial charge < -0.3 is 20.3 Å². The molecule has 1 aromatic rings. The third-order valence-corrected chi connectivity index (χ3v) is 3.28. The van der Waals surface area contributed by atoms with Crippen LogP contribution in [0.3, 0.4) is 0 Å². The molecule has 0 saturated heterocycles. The fourth-order valence-corrected chi connectivity index (χ4v) is 2.43. The van der Waals surface area contributed by atoms with Crippen LogP contribution in [-0.4, -0.2) is 25.3 Å². The van der Waals surface area contributed by atoms with Crippen LogP contribution in [0.2, 0.25) is 0 Å². The molecule has 0 aliphatic rings. The van der Waals surface area contributed by atoms with Crippen LogP contribution in [0.15, 0.2) is 10.5 Å².